The van der Waals surface area contributed by atoms with Gasteiger partial charge in [-0.1, -0.05) is 0 Å². The van der Waals surface area contributed by atoms with Crippen LogP contribution in [0, 0.1) is 25.5 Å². The summed E-state index contributed by atoms with van der Waals surface area (Å²) >= 11 is 3.07. The number of nitrogens with one attached hydrogen (secondary N) is 1. The van der Waals surface area contributed by atoms with Crippen molar-refractivity contribution in [1.29, 1.82) is 0 Å². The maximum atomic E-state index is 14.2. The Morgan fingerprint density at radius 2 is 2.05 bits per heavy atom. The summed E-state index contributed by atoms with van der Waals surface area (Å²) in [4.78, 5) is 0. The number of hydrogen-bond donors (Lipinski definition) is 2. The lowest BCUT2D eigenvalue weighted by Crippen LogP contribution is -2.31. The summed E-state index contributed by atoms with van der Waals surface area (Å²) in [6.45, 7) is 3.78. The molecule has 0 aliphatic rings. The van der Waals surface area contributed by atoms with Gasteiger partial charge >= 0.3 is 0 Å². The number of nitrogens with two attached hydrogens (primary N) is 1. The first-order valence-corrected chi connectivity index (χ1v) is 7.24. The number of hydrazine groups is 1. The Kier molecular flexibility index (Phi) is 4.75. The minimum Gasteiger partial charge on any atom is -0.272 e. The smallest absolute Gasteiger partial charge is 0.145 e. The van der Waals surface area contributed by atoms with Crippen LogP contribution in [-0.4, -0.2) is 9.78 Å². The van der Waals surface area contributed by atoms with Gasteiger partial charge < -0.3 is 0 Å². The SMILES string of the molecule is Cc1nn(C)c(C)c1CC(NN)c1c(F)ccc(Br)c1F. The third-order valence-electron chi connectivity index (χ3n) is 3.70. The van der Waals surface area contributed by atoms with E-state index in [-0.39, 0.29) is 10.0 Å². The summed E-state index contributed by atoms with van der Waals surface area (Å²) in [5.74, 6) is 4.25. The largest absolute Gasteiger partial charge is 0.272 e. The van der Waals surface area contributed by atoms with Crippen LogP contribution in [-0.2, 0) is 13.5 Å². The van der Waals surface area contributed by atoms with Crippen molar-refractivity contribution in [3.8, 4) is 0 Å². The molecule has 2 aromatic rings. The molecule has 2 rings (SSSR count). The molecule has 4 nitrogen and oxygen atoms in total. The first-order chi connectivity index (χ1) is 9.86. The molecule has 3 N–H and O–H groups in total. The molecule has 114 valence electrons. The van der Waals surface area contributed by atoms with Crippen LogP contribution in [0.5, 0.6) is 0 Å². The first-order valence-electron chi connectivity index (χ1n) is 6.45. The van der Waals surface area contributed by atoms with Gasteiger partial charge in [-0.15, -0.1) is 0 Å². The van der Waals surface area contributed by atoms with E-state index in [4.69, 9.17) is 5.84 Å². The van der Waals surface area contributed by atoms with E-state index < -0.39 is 17.7 Å². The molecule has 0 spiro atoms. The van der Waals surface area contributed by atoms with Crippen LogP contribution in [0.2, 0.25) is 0 Å². The Morgan fingerprint density at radius 1 is 1.38 bits per heavy atom. The van der Waals surface area contributed by atoms with Crippen LogP contribution in [0.1, 0.15) is 28.6 Å². The first kappa shape index (κ1) is 16.1. The fourth-order valence-corrected chi connectivity index (χ4v) is 2.77. The second-order valence-electron chi connectivity index (χ2n) is 4.95. The second-order valence-corrected chi connectivity index (χ2v) is 5.81. The van der Waals surface area contributed by atoms with Crippen LogP contribution in [0.4, 0.5) is 8.78 Å². The van der Waals surface area contributed by atoms with Gasteiger partial charge in [0, 0.05) is 18.3 Å². The molecule has 7 heteroatoms. The molecule has 1 aromatic carbocycles. The zero-order valence-electron chi connectivity index (χ0n) is 12.0. The molecule has 1 unspecified atom stereocenters. The lowest BCUT2D eigenvalue weighted by Gasteiger charge is -2.18. The Balaban J connectivity index is 2.44. The van der Waals surface area contributed by atoms with E-state index in [1.807, 2.05) is 20.9 Å². The van der Waals surface area contributed by atoms with Crippen molar-refractivity contribution < 1.29 is 8.78 Å². The summed E-state index contributed by atoms with van der Waals surface area (Å²) in [6.07, 6.45) is 0.353. The molecule has 1 aromatic heterocycles. The predicted octanol–water partition coefficient (Wildman–Crippen LogP) is 2.82. The van der Waals surface area contributed by atoms with Gasteiger partial charge in [-0.05, 0) is 53.9 Å². The van der Waals surface area contributed by atoms with Crippen molar-refractivity contribution in [2.45, 2.75) is 26.3 Å². The fourth-order valence-electron chi connectivity index (χ4n) is 2.42. The van der Waals surface area contributed by atoms with Crippen LogP contribution >= 0.6 is 15.9 Å². The molecule has 0 radical (unpaired) electrons. The Bertz CT molecular complexity index is 669. The minimum absolute atomic E-state index is 0.0745. The van der Waals surface area contributed by atoms with Gasteiger partial charge in [0.15, 0.2) is 0 Å². The normalized spacial score (nSPS) is 12.7. The zero-order chi connectivity index (χ0) is 15.7. The lowest BCUT2D eigenvalue weighted by atomic mass is 9.97. The highest BCUT2D eigenvalue weighted by molar-refractivity contribution is 9.10. The van der Waals surface area contributed by atoms with Crippen molar-refractivity contribution >= 4 is 15.9 Å². The summed E-state index contributed by atoms with van der Waals surface area (Å²) in [5.41, 5.74) is 5.13. The number of rotatable bonds is 4. The van der Waals surface area contributed by atoms with E-state index in [2.05, 4.69) is 26.5 Å². The highest BCUT2D eigenvalue weighted by Gasteiger charge is 2.24. The molecular weight excluding hydrogens is 342 g/mol. The van der Waals surface area contributed by atoms with Gasteiger partial charge in [-0.3, -0.25) is 16.0 Å². The third kappa shape index (κ3) is 3.00. The van der Waals surface area contributed by atoms with Crippen molar-refractivity contribution in [1.82, 2.24) is 15.2 Å². The monoisotopic (exact) mass is 358 g/mol. The predicted molar refractivity (Wildman–Crippen MR) is 80.5 cm³/mol. The quantitative estimate of drug-likeness (QED) is 0.502. The van der Waals surface area contributed by atoms with E-state index in [0.29, 0.717) is 6.42 Å². The average Bonchev–Trinajstić information content (AvgIpc) is 2.68. The van der Waals surface area contributed by atoms with Crippen molar-refractivity contribution in [2.75, 3.05) is 0 Å². The molecule has 0 aliphatic carbocycles. The third-order valence-corrected chi connectivity index (χ3v) is 4.31. The maximum absolute atomic E-state index is 14.2. The van der Waals surface area contributed by atoms with Gasteiger partial charge in [0.05, 0.1) is 16.2 Å². The number of aryl methyl sites for hydroxylation is 2. The van der Waals surface area contributed by atoms with E-state index in [9.17, 15) is 8.78 Å². The van der Waals surface area contributed by atoms with Gasteiger partial charge in [-0.2, -0.15) is 5.10 Å². The van der Waals surface area contributed by atoms with Gasteiger partial charge in [0.25, 0.3) is 0 Å². The molecule has 0 saturated carbocycles. The minimum atomic E-state index is -0.677. The van der Waals surface area contributed by atoms with E-state index in [0.717, 1.165) is 17.0 Å². The molecule has 0 saturated heterocycles. The Hall–Kier alpha value is -1.31. The van der Waals surface area contributed by atoms with Crippen LogP contribution in [0.25, 0.3) is 0 Å². The standard InChI is InChI=1S/C14H17BrF2N4/c1-7-9(8(2)21(3)20-7)6-12(19-18)13-11(16)5-4-10(15)14(13)17/h4-5,12,19H,6,18H2,1-3H3. The lowest BCUT2D eigenvalue weighted by molar-refractivity contribution is 0.469. The van der Waals surface area contributed by atoms with E-state index in [1.54, 1.807) is 4.68 Å². The van der Waals surface area contributed by atoms with E-state index >= 15 is 0 Å². The summed E-state index contributed by atoms with van der Waals surface area (Å²) in [5, 5.41) is 4.31. The molecule has 0 fully saturated rings. The number of nitrogens with zero attached hydrogens (tertiary/aromatic N) is 2. The average molecular weight is 359 g/mol. The van der Waals surface area contributed by atoms with Crippen molar-refractivity contribution in [3.63, 3.8) is 0 Å². The summed E-state index contributed by atoms with van der Waals surface area (Å²) < 4.78 is 30.2. The molecule has 0 amide bonds. The van der Waals surface area contributed by atoms with Crippen molar-refractivity contribution in [3.05, 3.63) is 50.8 Å². The molecule has 1 atom stereocenters. The highest BCUT2D eigenvalue weighted by atomic mass is 79.9. The molecule has 21 heavy (non-hydrogen) atoms. The molecule has 1 heterocycles. The van der Waals surface area contributed by atoms with E-state index in [1.165, 1.54) is 12.1 Å². The van der Waals surface area contributed by atoms with Gasteiger partial charge in [0.1, 0.15) is 11.6 Å². The van der Waals surface area contributed by atoms with Crippen LogP contribution in [0.3, 0.4) is 0 Å². The number of benzene rings is 1. The number of hydrogen-bond acceptors (Lipinski definition) is 3. The number of aromatic nitrogens is 2. The summed E-state index contributed by atoms with van der Waals surface area (Å²) in [7, 11) is 1.83. The van der Waals surface area contributed by atoms with Gasteiger partial charge in [-0.25, -0.2) is 8.78 Å². The molecule has 0 aliphatic heterocycles. The van der Waals surface area contributed by atoms with Gasteiger partial charge in [0.2, 0.25) is 0 Å². The van der Waals surface area contributed by atoms with Crippen LogP contribution in [0.15, 0.2) is 16.6 Å². The molecule has 0 bridgehead atoms. The topological polar surface area (TPSA) is 55.9 Å². The Labute approximate surface area is 130 Å². The fraction of sp³-hybridized carbons (Fsp3) is 0.357. The number of halogens is 3. The summed E-state index contributed by atoms with van der Waals surface area (Å²) in [6, 6.07) is 1.88. The maximum Gasteiger partial charge on any atom is 0.145 e. The second kappa shape index (κ2) is 6.21. The van der Waals surface area contributed by atoms with Crippen molar-refractivity contribution in [2.24, 2.45) is 12.9 Å². The molecular formula is C14H17BrF2N4. The highest BCUT2D eigenvalue weighted by Crippen LogP contribution is 2.29. The zero-order valence-corrected chi connectivity index (χ0v) is 13.6. The Morgan fingerprint density at radius 3 is 2.57 bits per heavy atom. The van der Waals surface area contributed by atoms with Crippen LogP contribution < -0.4 is 11.3 Å².